The number of aryl methyl sites for hydroxylation is 1. The van der Waals surface area contributed by atoms with Gasteiger partial charge in [-0.3, -0.25) is 0 Å². The van der Waals surface area contributed by atoms with Crippen LogP contribution in [0.15, 0.2) is 41.8 Å². The Labute approximate surface area is 245 Å². The summed E-state index contributed by atoms with van der Waals surface area (Å²) in [7, 11) is 0. The van der Waals surface area contributed by atoms with Gasteiger partial charge in [0.15, 0.2) is 0 Å². The third-order valence-corrected chi connectivity index (χ3v) is 18.2. The molecule has 0 saturated carbocycles. The second-order valence-corrected chi connectivity index (χ2v) is 19.1. The van der Waals surface area contributed by atoms with Crippen LogP contribution >= 0.6 is 102 Å². The molecule has 0 nitrogen and oxygen atoms in total. The van der Waals surface area contributed by atoms with Gasteiger partial charge in [0.1, 0.15) is 0 Å². The van der Waals surface area contributed by atoms with E-state index in [4.69, 9.17) is 0 Å². The number of thiophene rings is 9. The largest absolute Gasteiger partial charge is 0.141 e. The minimum absolute atomic E-state index is 1.05. The van der Waals surface area contributed by atoms with Crippen LogP contribution in [-0.2, 0) is 6.42 Å². The smallest absolute Gasteiger partial charge is 0.0651 e. The molecule has 0 bridgehead atoms. The molecule has 0 unspecified atom stereocenters. The fraction of sp³-hybridized carbons (Fsp3) is 0.0714. The molecule has 0 fully saturated rings. The number of hydrogen-bond donors (Lipinski definition) is 0. The molecule has 37 heavy (non-hydrogen) atoms. The van der Waals surface area contributed by atoms with E-state index in [1.165, 1.54) is 91.2 Å². The molecule has 9 heteroatoms. The lowest BCUT2D eigenvalue weighted by atomic mass is 10.2. The van der Waals surface area contributed by atoms with E-state index in [1.807, 2.05) is 102 Å². The molecule has 0 amide bonds. The van der Waals surface area contributed by atoms with E-state index in [2.05, 4.69) is 48.7 Å². The third kappa shape index (κ3) is 2.90. The molecule has 0 radical (unpaired) electrons. The summed E-state index contributed by atoms with van der Waals surface area (Å²) >= 11 is 17.8. The second kappa shape index (κ2) is 7.41. The molecule has 0 aliphatic heterocycles. The zero-order chi connectivity index (χ0) is 24.0. The second-order valence-electron chi connectivity index (χ2n) is 9.32. The number of fused-ring (bicyclic) bond motifs is 13. The van der Waals surface area contributed by atoms with Gasteiger partial charge >= 0.3 is 0 Å². The van der Waals surface area contributed by atoms with Gasteiger partial charge < -0.3 is 0 Å². The maximum atomic E-state index is 2.47. The van der Waals surface area contributed by atoms with Gasteiger partial charge in [-0.25, -0.2) is 0 Å². The predicted molar refractivity (Wildman–Crippen MR) is 181 cm³/mol. The van der Waals surface area contributed by atoms with Crippen LogP contribution in [0.3, 0.4) is 0 Å². The summed E-state index contributed by atoms with van der Waals surface area (Å²) < 4.78 is 20.7. The SMILES string of the molecule is Cc1cc2sc3cc4c(cc3c2s1)sc1cc(Cc2cc3sc5c(sc6c7sccc7sc65)c3s2)sc14. The summed E-state index contributed by atoms with van der Waals surface area (Å²) in [4.78, 5) is 4.40. The summed E-state index contributed by atoms with van der Waals surface area (Å²) in [5.74, 6) is 0. The lowest BCUT2D eigenvalue weighted by Gasteiger charge is -1.94. The van der Waals surface area contributed by atoms with Crippen LogP contribution in [0.2, 0.25) is 0 Å². The predicted octanol–water partition coefficient (Wildman–Crippen LogP) is 13.4. The Morgan fingerprint density at radius 1 is 0.459 bits per heavy atom. The van der Waals surface area contributed by atoms with Crippen LogP contribution in [0, 0.1) is 6.92 Å². The van der Waals surface area contributed by atoms with E-state index < -0.39 is 0 Å². The van der Waals surface area contributed by atoms with E-state index in [0.29, 0.717) is 0 Å². The number of hydrogen-bond acceptors (Lipinski definition) is 9. The van der Waals surface area contributed by atoms with Crippen LogP contribution < -0.4 is 0 Å². The Kier molecular flexibility index (Phi) is 4.29. The van der Waals surface area contributed by atoms with Gasteiger partial charge in [0.25, 0.3) is 0 Å². The van der Waals surface area contributed by atoms with Gasteiger partial charge in [0, 0.05) is 60.0 Å². The van der Waals surface area contributed by atoms with Gasteiger partial charge in [0.2, 0.25) is 0 Å². The van der Waals surface area contributed by atoms with Crippen molar-refractivity contribution in [3.63, 3.8) is 0 Å². The third-order valence-electron chi connectivity index (χ3n) is 6.97. The first kappa shape index (κ1) is 21.4. The van der Waals surface area contributed by atoms with Gasteiger partial charge in [-0.15, -0.1) is 102 Å². The summed E-state index contributed by atoms with van der Waals surface area (Å²) in [6.45, 7) is 2.22. The first-order chi connectivity index (χ1) is 18.2. The maximum Gasteiger partial charge on any atom is 0.0651 e. The molecule has 9 heterocycles. The molecular weight excluding hydrogens is 625 g/mol. The first-order valence-corrected chi connectivity index (χ1v) is 19.1. The van der Waals surface area contributed by atoms with Crippen molar-refractivity contribution >= 4 is 179 Å². The molecule has 0 spiro atoms. The Morgan fingerprint density at radius 3 is 1.84 bits per heavy atom. The highest BCUT2D eigenvalue weighted by Gasteiger charge is 2.20. The molecule has 178 valence electrons. The van der Waals surface area contributed by atoms with E-state index in [9.17, 15) is 0 Å². The zero-order valence-electron chi connectivity index (χ0n) is 18.9. The highest BCUT2D eigenvalue weighted by Crippen LogP contribution is 2.53. The molecule has 10 aromatic rings. The fourth-order valence-electron chi connectivity index (χ4n) is 5.41. The molecule has 10 rings (SSSR count). The lowest BCUT2D eigenvalue weighted by molar-refractivity contribution is 1.31. The normalized spacial score (nSPS) is 13.1. The molecule has 0 N–H and O–H groups in total. The van der Waals surface area contributed by atoms with Crippen molar-refractivity contribution in [1.82, 2.24) is 0 Å². The van der Waals surface area contributed by atoms with Crippen molar-refractivity contribution in [2.24, 2.45) is 0 Å². The van der Waals surface area contributed by atoms with Crippen LogP contribution in [0.25, 0.3) is 76.6 Å². The molecule has 1 aromatic carbocycles. The topological polar surface area (TPSA) is 0 Å². The van der Waals surface area contributed by atoms with Crippen molar-refractivity contribution in [3.05, 3.63) is 56.4 Å². The minimum Gasteiger partial charge on any atom is -0.141 e. The molecule has 0 aliphatic carbocycles. The van der Waals surface area contributed by atoms with Gasteiger partial charge in [0.05, 0.1) is 37.6 Å². The zero-order valence-corrected chi connectivity index (χ0v) is 26.3. The Hall–Kier alpha value is -1.40. The molecule has 0 atom stereocenters. The van der Waals surface area contributed by atoms with E-state index >= 15 is 0 Å². The van der Waals surface area contributed by atoms with Crippen LogP contribution in [0.1, 0.15) is 14.6 Å². The van der Waals surface area contributed by atoms with E-state index in [-0.39, 0.29) is 0 Å². The quantitative estimate of drug-likeness (QED) is 0.177. The van der Waals surface area contributed by atoms with Crippen LogP contribution in [0.4, 0.5) is 0 Å². The average molecular weight is 637 g/mol. The van der Waals surface area contributed by atoms with E-state index in [0.717, 1.165) is 6.42 Å². The van der Waals surface area contributed by atoms with Crippen molar-refractivity contribution in [2.75, 3.05) is 0 Å². The van der Waals surface area contributed by atoms with Gasteiger partial charge in [-0.05, 0) is 48.7 Å². The monoisotopic (exact) mass is 636 g/mol. The van der Waals surface area contributed by atoms with Gasteiger partial charge in [-0.2, -0.15) is 0 Å². The van der Waals surface area contributed by atoms with E-state index in [1.54, 1.807) is 0 Å². The summed E-state index contributed by atoms with van der Waals surface area (Å²) in [5, 5.41) is 5.12. The fourth-order valence-corrected chi connectivity index (χ4v) is 17.6. The highest BCUT2D eigenvalue weighted by atomic mass is 32.1. The van der Waals surface area contributed by atoms with Crippen molar-refractivity contribution in [1.29, 1.82) is 0 Å². The van der Waals surface area contributed by atoms with Crippen molar-refractivity contribution in [3.8, 4) is 0 Å². The number of rotatable bonds is 2. The molecule has 0 saturated heterocycles. The molecular formula is C28H12S9. The van der Waals surface area contributed by atoms with Crippen molar-refractivity contribution < 1.29 is 0 Å². The Morgan fingerprint density at radius 2 is 1.05 bits per heavy atom. The average Bonchev–Trinajstić information content (AvgIpc) is 3.67. The number of benzene rings is 1. The molecule has 9 aromatic heterocycles. The molecule has 0 aliphatic rings. The Balaban J connectivity index is 1.07. The summed E-state index contributed by atoms with van der Waals surface area (Å²) in [5.41, 5.74) is 0. The first-order valence-electron chi connectivity index (χ1n) is 11.7. The van der Waals surface area contributed by atoms with Crippen LogP contribution in [-0.4, -0.2) is 0 Å². The standard InChI is InChI=1S/C28H12S9/c1-10-4-18-21(30-10)13-8-17-14(9-16(13)33-18)22-19(34-17)6-11(31-22)5-12-7-20-24(32-12)26-28(36-20)27-25(37-26)23-15(35-27)2-3-29-23/h2-4,6-9H,5H2,1H3. The highest BCUT2D eigenvalue weighted by molar-refractivity contribution is 7.48. The Bertz CT molecular complexity index is 2510. The summed E-state index contributed by atoms with van der Waals surface area (Å²) in [6.07, 6.45) is 1.05. The van der Waals surface area contributed by atoms with Crippen LogP contribution in [0.5, 0.6) is 0 Å². The van der Waals surface area contributed by atoms with Gasteiger partial charge in [-0.1, -0.05) is 0 Å². The lowest BCUT2D eigenvalue weighted by Crippen LogP contribution is -1.76. The minimum atomic E-state index is 1.05. The summed E-state index contributed by atoms with van der Waals surface area (Å²) in [6, 6.07) is 14.5. The van der Waals surface area contributed by atoms with Crippen molar-refractivity contribution in [2.45, 2.75) is 13.3 Å². The maximum absolute atomic E-state index is 2.47.